The number of halogens is 3. The van der Waals surface area contributed by atoms with E-state index in [-0.39, 0.29) is 53.3 Å². The molecular weight excluding hydrogens is 656 g/mol. The summed E-state index contributed by atoms with van der Waals surface area (Å²) in [5, 5.41) is 0. The zero-order chi connectivity index (χ0) is 34.7. The number of esters is 1. The summed E-state index contributed by atoms with van der Waals surface area (Å²) < 4.78 is 84.3. The van der Waals surface area contributed by atoms with E-state index in [4.69, 9.17) is 4.74 Å². The Morgan fingerprint density at radius 1 is 0.830 bits per heavy atom. The number of aromatic nitrogens is 1. The molecule has 0 aliphatic heterocycles. The van der Waals surface area contributed by atoms with Crippen molar-refractivity contribution >= 4 is 42.8 Å². The van der Waals surface area contributed by atoms with Crippen molar-refractivity contribution in [1.29, 1.82) is 0 Å². The van der Waals surface area contributed by atoms with Gasteiger partial charge in [0, 0.05) is 47.6 Å². The smallest absolute Gasteiger partial charge is 0.417 e. The van der Waals surface area contributed by atoms with Crippen LogP contribution in [-0.4, -0.2) is 59.7 Å². The fraction of sp³-hybridized carbons (Fsp3) is 0.235. The number of rotatable bonds is 12. The number of hydrogen-bond acceptors (Lipinski definition) is 7. The predicted octanol–water partition coefficient (Wildman–Crippen LogP) is 5.37. The molecule has 0 N–H and O–H groups in total. The van der Waals surface area contributed by atoms with Gasteiger partial charge in [-0.1, -0.05) is 42.5 Å². The highest BCUT2D eigenvalue weighted by Crippen LogP contribution is 2.39. The van der Waals surface area contributed by atoms with Crippen molar-refractivity contribution in [3.05, 3.63) is 107 Å². The third-order valence-corrected chi connectivity index (χ3v) is 9.81. The van der Waals surface area contributed by atoms with Gasteiger partial charge in [0.05, 0.1) is 22.7 Å². The second kappa shape index (κ2) is 13.7. The Morgan fingerprint density at radius 2 is 1.38 bits per heavy atom. The highest BCUT2D eigenvalue weighted by molar-refractivity contribution is 7.99. The van der Waals surface area contributed by atoms with Gasteiger partial charge >= 0.3 is 12.1 Å². The Labute approximate surface area is 271 Å². The van der Waals surface area contributed by atoms with Crippen molar-refractivity contribution in [1.82, 2.24) is 4.57 Å². The fourth-order valence-corrected chi connectivity index (χ4v) is 6.36. The van der Waals surface area contributed by atoms with Crippen LogP contribution in [0.4, 0.5) is 13.2 Å². The van der Waals surface area contributed by atoms with Gasteiger partial charge in [-0.05, 0) is 69.3 Å². The molecule has 3 aromatic carbocycles. The molecule has 4 aromatic rings. The third kappa shape index (κ3) is 8.66. The van der Waals surface area contributed by atoms with Gasteiger partial charge in [-0.15, -0.1) is 0 Å². The Bertz CT molecular complexity index is 2050. The molecule has 13 heteroatoms. The molecule has 47 heavy (non-hydrogen) atoms. The molecule has 0 amide bonds. The molecule has 0 saturated heterocycles. The van der Waals surface area contributed by atoms with Crippen LogP contribution in [0.3, 0.4) is 0 Å². The largest absolute Gasteiger partial charge is 0.458 e. The monoisotopic (exact) mass is 687 g/mol. The first-order valence-electron chi connectivity index (χ1n) is 14.2. The predicted molar refractivity (Wildman–Crippen MR) is 173 cm³/mol. The van der Waals surface area contributed by atoms with Gasteiger partial charge in [-0.3, -0.25) is 13.8 Å². The number of carbonyl (C=O) groups excluding carboxylic acids is 3. The summed E-state index contributed by atoms with van der Waals surface area (Å²) in [5.74, 6) is 1.18. The third-order valence-electron chi connectivity index (χ3n) is 7.42. The molecule has 1 unspecified atom stereocenters. The lowest BCUT2D eigenvalue weighted by Gasteiger charge is -2.16. The van der Waals surface area contributed by atoms with E-state index in [0.29, 0.717) is 16.0 Å². The van der Waals surface area contributed by atoms with Crippen LogP contribution in [0.1, 0.15) is 32.6 Å². The summed E-state index contributed by atoms with van der Waals surface area (Å²) in [4.78, 5) is 39.0. The summed E-state index contributed by atoms with van der Waals surface area (Å²) in [5.41, 5.74) is 0.377. The topological polar surface area (TPSA) is 117 Å². The molecule has 1 heterocycles. The molecule has 0 aliphatic rings. The molecule has 0 saturated carbocycles. The molecular formula is C34H32F3NO7S2. The van der Waals surface area contributed by atoms with Crippen LogP contribution in [0.15, 0.2) is 88.8 Å². The number of sulfone groups is 1. The number of nitrogens with zero attached hydrogens (tertiary/aromatic N) is 1. The van der Waals surface area contributed by atoms with Crippen molar-refractivity contribution in [3.63, 3.8) is 0 Å². The number of ether oxygens (including phenoxy) is 1. The van der Waals surface area contributed by atoms with Crippen molar-refractivity contribution in [3.8, 4) is 11.3 Å². The van der Waals surface area contributed by atoms with Crippen LogP contribution >= 0.6 is 0 Å². The first kappa shape index (κ1) is 35.4. The maximum Gasteiger partial charge on any atom is 0.417 e. The summed E-state index contributed by atoms with van der Waals surface area (Å²) >= 11 is 0. The van der Waals surface area contributed by atoms with Crippen LogP contribution in [0.25, 0.3) is 11.3 Å². The molecule has 0 radical (unpaired) electrons. The van der Waals surface area contributed by atoms with Crippen LogP contribution in [0.2, 0.25) is 0 Å². The maximum atomic E-state index is 14.0. The van der Waals surface area contributed by atoms with Crippen molar-refractivity contribution in [2.45, 2.75) is 42.3 Å². The molecule has 0 spiro atoms. The highest BCUT2D eigenvalue weighted by Gasteiger charge is 2.35. The quantitative estimate of drug-likeness (QED) is 0.0851. The number of Topliss-reactive ketones (excluding diaryl/α,β-unsaturated/α-hetero) is 2. The summed E-state index contributed by atoms with van der Waals surface area (Å²) in [6, 6.07) is 16.9. The second-order valence-electron chi connectivity index (χ2n) is 11.2. The Balaban J connectivity index is 1.57. The van der Waals surface area contributed by atoms with E-state index in [1.807, 2.05) is 0 Å². The molecule has 1 aromatic heterocycles. The van der Waals surface area contributed by atoms with E-state index >= 15 is 0 Å². The van der Waals surface area contributed by atoms with Crippen LogP contribution in [0, 0.1) is 6.92 Å². The van der Waals surface area contributed by atoms with E-state index in [9.17, 15) is 40.2 Å². The minimum atomic E-state index is -4.71. The Kier molecular flexibility index (Phi) is 10.3. The van der Waals surface area contributed by atoms with E-state index < -0.39 is 48.6 Å². The number of carbonyl (C=O) groups is 3. The molecule has 248 valence electrons. The maximum absolute atomic E-state index is 14.0. The first-order chi connectivity index (χ1) is 21.9. The zero-order valence-electron chi connectivity index (χ0n) is 25.8. The second-order valence-corrected chi connectivity index (χ2v) is 15.7. The lowest BCUT2D eigenvalue weighted by Crippen LogP contribution is -2.21. The minimum absolute atomic E-state index is 0.0785. The molecule has 0 bridgehead atoms. The normalized spacial score (nSPS) is 13.1. The number of alkyl halides is 3. The van der Waals surface area contributed by atoms with E-state index in [2.05, 4.69) is 5.87 Å². The summed E-state index contributed by atoms with van der Waals surface area (Å²) in [7, 11) is -5.90. The van der Waals surface area contributed by atoms with Gasteiger partial charge < -0.3 is 9.30 Å². The molecule has 0 aliphatic carbocycles. The lowest BCUT2D eigenvalue weighted by molar-refractivity contribution is -0.153. The standard InChI is InChI=1S/C34H32F3NO7S2/c1-22-28(30(39)19-23-11-15-26(16-12-23)47(4,43)44)21-38(32(22)27-7-5-6-8-29(27)34(35,36)37)17-18-45-33(41)31(40)20-24-9-13-25(14-10-24)46(2,3)42/h5-16,21H,2,17-20H2,1,3-4H3. The van der Waals surface area contributed by atoms with Crippen molar-refractivity contribution in [2.75, 3.05) is 19.1 Å². The van der Waals surface area contributed by atoms with Gasteiger partial charge in [-0.2, -0.15) is 13.2 Å². The number of hydrogen-bond donors (Lipinski definition) is 0. The molecule has 1 atom stereocenters. The van der Waals surface area contributed by atoms with Gasteiger partial charge in [0.15, 0.2) is 15.6 Å². The van der Waals surface area contributed by atoms with Gasteiger partial charge in [0.1, 0.15) is 6.61 Å². The first-order valence-corrected chi connectivity index (χ1v) is 18.2. The molecule has 8 nitrogen and oxygen atoms in total. The molecule has 0 fully saturated rings. The zero-order valence-corrected chi connectivity index (χ0v) is 27.4. The van der Waals surface area contributed by atoms with E-state index in [1.165, 1.54) is 66.4 Å². The van der Waals surface area contributed by atoms with Crippen LogP contribution in [-0.2, 0) is 59.2 Å². The minimum Gasteiger partial charge on any atom is -0.458 e. The van der Waals surface area contributed by atoms with Crippen LogP contribution < -0.4 is 0 Å². The highest BCUT2D eigenvalue weighted by atomic mass is 32.2. The van der Waals surface area contributed by atoms with E-state index in [1.54, 1.807) is 24.3 Å². The number of benzene rings is 3. The summed E-state index contributed by atoms with van der Waals surface area (Å²) in [6.45, 7) is 0.977. The SMILES string of the molecule is C=S(C)(=O)c1ccc(CC(=O)C(=O)OCCn2cc(C(=O)Cc3ccc(S(C)(=O)=O)cc3)c(C)c2-c2ccccc2C(F)(F)F)cc1. The van der Waals surface area contributed by atoms with Crippen molar-refractivity contribution < 1.29 is 44.9 Å². The fourth-order valence-electron chi connectivity index (χ4n) is 5.02. The van der Waals surface area contributed by atoms with Gasteiger partial charge in [0.25, 0.3) is 0 Å². The van der Waals surface area contributed by atoms with Crippen molar-refractivity contribution in [2.24, 2.45) is 0 Å². The van der Waals surface area contributed by atoms with Gasteiger partial charge in [-0.25, -0.2) is 13.2 Å². The average molecular weight is 688 g/mol. The van der Waals surface area contributed by atoms with Crippen LogP contribution in [0.5, 0.6) is 0 Å². The number of ketones is 2. The Morgan fingerprint density at radius 3 is 1.94 bits per heavy atom. The lowest BCUT2D eigenvalue weighted by atomic mass is 9.97. The summed E-state index contributed by atoms with van der Waals surface area (Å²) in [6.07, 6.45) is -1.22. The molecule has 4 rings (SSSR count). The van der Waals surface area contributed by atoms with E-state index in [0.717, 1.165) is 12.3 Å². The van der Waals surface area contributed by atoms with Gasteiger partial charge in [0.2, 0.25) is 5.78 Å². The average Bonchev–Trinajstić information content (AvgIpc) is 3.31. The Hall–Kier alpha value is -4.49.